The second-order valence-corrected chi connectivity index (χ2v) is 5.39. The quantitative estimate of drug-likeness (QED) is 0.828. The van der Waals surface area contributed by atoms with Crippen LogP contribution in [0.15, 0.2) is 16.9 Å². The lowest BCUT2D eigenvalue weighted by Crippen LogP contribution is -2.34. The molecule has 1 aliphatic rings. The summed E-state index contributed by atoms with van der Waals surface area (Å²) in [6, 6.07) is 1.87. The Labute approximate surface area is 121 Å². The van der Waals surface area contributed by atoms with E-state index < -0.39 is 0 Å². The molecular formula is C13H18BrN3O2. The maximum Gasteiger partial charge on any atom is 0.250 e. The first-order valence-corrected chi connectivity index (χ1v) is 7.19. The molecule has 104 valence electrons. The molecule has 0 bridgehead atoms. The summed E-state index contributed by atoms with van der Waals surface area (Å²) in [6.45, 7) is 3.95. The Morgan fingerprint density at radius 2 is 2.32 bits per heavy atom. The molecule has 19 heavy (non-hydrogen) atoms. The Morgan fingerprint density at radius 1 is 1.58 bits per heavy atom. The van der Waals surface area contributed by atoms with Crippen molar-refractivity contribution in [2.45, 2.75) is 25.9 Å². The third-order valence-corrected chi connectivity index (χ3v) is 3.86. The largest absolute Gasteiger partial charge is 0.368 e. The van der Waals surface area contributed by atoms with Crippen LogP contribution >= 0.6 is 15.9 Å². The molecule has 2 rings (SSSR count). The second-order valence-electron chi connectivity index (χ2n) is 4.64. The number of aromatic nitrogens is 1. The number of aryl methyl sites for hydroxylation is 1. The van der Waals surface area contributed by atoms with Crippen LogP contribution < -0.4 is 10.6 Å². The number of carbonyl (C=O) groups is 1. The van der Waals surface area contributed by atoms with Gasteiger partial charge in [0.1, 0.15) is 11.2 Å². The molecule has 0 aromatic carbocycles. The fourth-order valence-corrected chi connectivity index (χ4v) is 2.20. The first-order chi connectivity index (χ1) is 9.15. The summed E-state index contributed by atoms with van der Waals surface area (Å²) in [4.78, 5) is 15.9. The number of anilines is 1. The summed E-state index contributed by atoms with van der Waals surface area (Å²) in [5.41, 5.74) is 1.68. The third kappa shape index (κ3) is 4.56. The van der Waals surface area contributed by atoms with Crippen LogP contribution in [0.1, 0.15) is 18.4 Å². The summed E-state index contributed by atoms with van der Waals surface area (Å²) in [5, 5.41) is 6.05. The zero-order valence-corrected chi connectivity index (χ0v) is 12.5. The van der Waals surface area contributed by atoms with Gasteiger partial charge in [-0.1, -0.05) is 0 Å². The van der Waals surface area contributed by atoms with Crippen molar-refractivity contribution in [2.24, 2.45) is 0 Å². The van der Waals surface area contributed by atoms with Crippen molar-refractivity contribution >= 4 is 27.5 Å². The van der Waals surface area contributed by atoms with Crippen molar-refractivity contribution in [3.8, 4) is 0 Å². The number of rotatable bonds is 4. The minimum absolute atomic E-state index is 0.0970. The molecule has 1 saturated heterocycles. The summed E-state index contributed by atoms with van der Waals surface area (Å²) in [7, 11) is 0. The van der Waals surface area contributed by atoms with E-state index in [1.807, 2.05) is 13.0 Å². The Hall–Kier alpha value is -0.980. The highest BCUT2D eigenvalue weighted by atomic mass is 79.9. The smallest absolute Gasteiger partial charge is 0.250 e. The van der Waals surface area contributed by atoms with E-state index in [-0.39, 0.29) is 18.6 Å². The summed E-state index contributed by atoms with van der Waals surface area (Å²) in [5.74, 6) is -0.137. The number of hydrogen-bond acceptors (Lipinski definition) is 4. The average Bonchev–Trinajstić information content (AvgIpc) is 2.42. The minimum Gasteiger partial charge on any atom is -0.368 e. The number of hydrogen-bond donors (Lipinski definition) is 2. The summed E-state index contributed by atoms with van der Waals surface area (Å²) in [6.07, 6.45) is 3.75. The van der Waals surface area contributed by atoms with Crippen molar-refractivity contribution in [2.75, 3.05) is 25.0 Å². The molecule has 1 fully saturated rings. The normalized spacial score (nSPS) is 16.3. The van der Waals surface area contributed by atoms with Gasteiger partial charge in [-0.05, 0) is 60.4 Å². The monoisotopic (exact) mass is 327 g/mol. The van der Waals surface area contributed by atoms with Gasteiger partial charge in [0.15, 0.2) is 0 Å². The van der Waals surface area contributed by atoms with Gasteiger partial charge in [-0.15, -0.1) is 0 Å². The van der Waals surface area contributed by atoms with Gasteiger partial charge in [0.05, 0.1) is 18.0 Å². The van der Waals surface area contributed by atoms with Crippen LogP contribution in [-0.2, 0) is 9.53 Å². The van der Waals surface area contributed by atoms with E-state index >= 15 is 0 Å². The van der Waals surface area contributed by atoms with Gasteiger partial charge in [-0.2, -0.15) is 0 Å². The molecule has 2 heterocycles. The number of nitrogens with zero attached hydrogens (tertiary/aromatic N) is 1. The molecule has 6 heteroatoms. The van der Waals surface area contributed by atoms with Gasteiger partial charge in [0, 0.05) is 0 Å². The van der Waals surface area contributed by atoms with Gasteiger partial charge >= 0.3 is 0 Å². The summed E-state index contributed by atoms with van der Waals surface area (Å²) >= 11 is 3.32. The lowest BCUT2D eigenvalue weighted by molar-refractivity contribution is -0.123. The highest BCUT2D eigenvalue weighted by molar-refractivity contribution is 9.10. The van der Waals surface area contributed by atoms with E-state index in [1.165, 1.54) is 0 Å². The molecule has 0 radical (unpaired) electrons. The first-order valence-electron chi connectivity index (χ1n) is 6.39. The SMILES string of the molecule is Cc1cc(NC(=O)COC2CCNCC2)cnc1Br. The van der Waals surface area contributed by atoms with Crippen LogP contribution in [0.4, 0.5) is 5.69 Å². The zero-order valence-electron chi connectivity index (χ0n) is 10.9. The molecular weight excluding hydrogens is 310 g/mol. The number of amides is 1. The molecule has 0 aliphatic carbocycles. The minimum atomic E-state index is -0.137. The Bertz CT molecular complexity index is 448. The average molecular weight is 328 g/mol. The number of halogens is 1. The number of nitrogens with one attached hydrogen (secondary N) is 2. The molecule has 1 aromatic heterocycles. The number of piperidine rings is 1. The Kier molecular flexibility index (Phi) is 5.30. The molecule has 5 nitrogen and oxygen atoms in total. The fourth-order valence-electron chi connectivity index (χ4n) is 1.98. The van der Waals surface area contributed by atoms with Crippen LogP contribution in [0.3, 0.4) is 0 Å². The van der Waals surface area contributed by atoms with Crippen molar-refractivity contribution in [1.29, 1.82) is 0 Å². The predicted octanol–water partition coefficient (Wildman–Crippen LogP) is 1.86. The summed E-state index contributed by atoms with van der Waals surface area (Å²) < 4.78 is 6.38. The lowest BCUT2D eigenvalue weighted by Gasteiger charge is -2.22. The molecule has 0 spiro atoms. The van der Waals surface area contributed by atoms with E-state index in [0.717, 1.165) is 36.1 Å². The van der Waals surface area contributed by atoms with Crippen molar-refractivity contribution in [1.82, 2.24) is 10.3 Å². The lowest BCUT2D eigenvalue weighted by atomic mass is 10.1. The molecule has 1 amide bonds. The predicted molar refractivity (Wildman–Crippen MR) is 77.1 cm³/mol. The third-order valence-electron chi connectivity index (χ3n) is 3.03. The van der Waals surface area contributed by atoms with E-state index in [9.17, 15) is 4.79 Å². The standard InChI is InChI=1S/C13H18BrN3O2/c1-9-6-10(7-16-13(9)14)17-12(18)8-19-11-2-4-15-5-3-11/h6-7,11,15H,2-5,8H2,1H3,(H,17,18). The van der Waals surface area contributed by atoms with E-state index in [0.29, 0.717) is 5.69 Å². The van der Waals surface area contributed by atoms with Gasteiger partial charge in [-0.25, -0.2) is 4.98 Å². The number of ether oxygens (including phenoxy) is 1. The van der Waals surface area contributed by atoms with Gasteiger partial charge in [0.25, 0.3) is 0 Å². The second kappa shape index (κ2) is 6.98. The van der Waals surface area contributed by atoms with Crippen LogP contribution in [-0.4, -0.2) is 36.7 Å². The topological polar surface area (TPSA) is 63.2 Å². The van der Waals surface area contributed by atoms with E-state index in [2.05, 4.69) is 31.5 Å². The Morgan fingerprint density at radius 3 is 3.00 bits per heavy atom. The number of carbonyl (C=O) groups excluding carboxylic acids is 1. The molecule has 2 N–H and O–H groups in total. The van der Waals surface area contributed by atoms with Crippen molar-refractivity contribution < 1.29 is 9.53 Å². The highest BCUT2D eigenvalue weighted by Crippen LogP contribution is 2.16. The zero-order chi connectivity index (χ0) is 13.7. The highest BCUT2D eigenvalue weighted by Gasteiger charge is 2.14. The van der Waals surface area contributed by atoms with Crippen molar-refractivity contribution in [3.05, 3.63) is 22.4 Å². The van der Waals surface area contributed by atoms with Crippen LogP contribution in [0.2, 0.25) is 0 Å². The van der Waals surface area contributed by atoms with Crippen LogP contribution in [0, 0.1) is 6.92 Å². The Balaban J connectivity index is 1.78. The fraction of sp³-hybridized carbons (Fsp3) is 0.538. The van der Waals surface area contributed by atoms with Gasteiger partial charge in [-0.3, -0.25) is 4.79 Å². The maximum atomic E-state index is 11.8. The van der Waals surface area contributed by atoms with E-state index in [1.54, 1.807) is 6.20 Å². The molecule has 0 atom stereocenters. The molecule has 0 unspecified atom stereocenters. The molecule has 1 aromatic rings. The van der Waals surface area contributed by atoms with E-state index in [4.69, 9.17) is 4.74 Å². The van der Waals surface area contributed by atoms with Crippen LogP contribution in [0.25, 0.3) is 0 Å². The molecule has 0 saturated carbocycles. The van der Waals surface area contributed by atoms with Gasteiger partial charge < -0.3 is 15.4 Å². The maximum absolute atomic E-state index is 11.8. The van der Waals surface area contributed by atoms with Crippen molar-refractivity contribution in [3.63, 3.8) is 0 Å². The first kappa shape index (κ1) is 14.4. The van der Waals surface area contributed by atoms with Gasteiger partial charge in [0.2, 0.25) is 5.91 Å². The number of pyridine rings is 1. The molecule has 1 aliphatic heterocycles. The van der Waals surface area contributed by atoms with Crippen LogP contribution in [0.5, 0.6) is 0 Å².